The van der Waals surface area contributed by atoms with Gasteiger partial charge < -0.3 is 10.3 Å². The first kappa shape index (κ1) is 8.40. The smallest absolute Gasteiger partial charge is 0.168 e. The third-order valence-corrected chi connectivity index (χ3v) is 2.66. The van der Waals surface area contributed by atoms with Crippen molar-refractivity contribution < 1.29 is 0 Å². The monoisotopic (exact) mass is 194 g/mol. The minimum atomic E-state index is 0.487. The van der Waals surface area contributed by atoms with Gasteiger partial charge in [-0.3, -0.25) is 0 Å². The molecule has 0 atom stereocenters. The summed E-state index contributed by atoms with van der Waals surface area (Å²) < 4.78 is 1.94. The molecule has 0 fully saturated rings. The Morgan fingerprint density at radius 3 is 3.00 bits per heavy atom. The number of aromatic nitrogens is 3. The van der Waals surface area contributed by atoms with Crippen LogP contribution in [0.25, 0.3) is 10.8 Å². The van der Waals surface area contributed by atoms with E-state index in [0.29, 0.717) is 6.54 Å². The fourth-order valence-corrected chi connectivity index (χ4v) is 1.94. The van der Waals surface area contributed by atoms with Crippen LogP contribution in [0.2, 0.25) is 0 Å². The van der Waals surface area contributed by atoms with E-state index in [1.54, 1.807) is 17.5 Å². The summed E-state index contributed by atoms with van der Waals surface area (Å²) in [6, 6.07) is 0. The van der Waals surface area contributed by atoms with Crippen molar-refractivity contribution >= 4 is 11.3 Å². The second kappa shape index (κ2) is 3.27. The lowest BCUT2D eigenvalue weighted by atomic mass is 10.5. The maximum atomic E-state index is 5.47. The molecular formula is C8H10N4S. The summed E-state index contributed by atoms with van der Waals surface area (Å²) in [7, 11) is 1.95. The van der Waals surface area contributed by atoms with Crippen LogP contribution >= 0.6 is 11.3 Å². The van der Waals surface area contributed by atoms with Gasteiger partial charge in [0.15, 0.2) is 10.8 Å². The zero-order valence-corrected chi connectivity index (χ0v) is 8.08. The first-order valence-electron chi connectivity index (χ1n) is 3.93. The van der Waals surface area contributed by atoms with Gasteiger partial charge in [0, 0.05) is 31.4 Å². The molecule has 2 aromatic heterocycles. The number of hydrogen-bond donors (Lipinski definition) is 1. The van der Waals surface area contributed by atoms with Crippen LogP contribution in [0.5, 0.6) is 0 Å². The number of hydrogen-bond acceptors (Lipinski definition) is 4. The molecule has 0 aromatic carbocycles. The quantitative estimate of drug-likeness (QED) is 0.776. The summed E-state index contributed by atoms with van der Waals surface area (Å²) >= 11 is 1.57. The highest BCUT2D eigenvalue weighted by Crippen LogP contribution is 2.20. The normalized spacial score (nSPS) is 10.6. The van der Waals surface area contributed by atoms with Crippen LogP contribution in [0.3, 0.4) is 0 Å². The van der Waals surface area contributed by atoms with Gasteiger partial charge in [-0.05, 0) is 0 Å². The minimum absolute atomic E-state index is 0.487. The van der Waals surface area contributed by atoms with E-state index in [1.807, 2.05) is 23.2 Å². The first-order valence-corrected chi connectivity index (χ1v) is 4.81. The molecule has 0 aliphatic carbocycles. The lowest BCUT2D eigenvalue weighted by Gasteiger charge is -1.94. The third kappa shape index (κ3) is 1.48. The summed E-state index contributed by atoms with van der Waals surface area (Å²) in [6.45, 7) is 0.487. The summed E-state index contributed by atoms with van der Waals surface area (Å²) in [5.41, 5.74) is 6.39. The van der Waals surface area contributed by atoms with Crippen molar-refractivity contribution in [2.45, 2.75) is 6.54 Å². The maximum Gasteiger partial charge on any atom is 0.168 e. The van der Waals surface area contributed by atoms with Crippen LogP contribution in [0.4, 0.5) is 0 Å². The minimum Gasteiger partial charge on any atom is -0.332 e. The second-order valence-corrected chi connectivity index (χ2v) is 3.57. The van der Waals surface area contributed by atoms with E-state index in [2.05, 4.69) is 9.97 Å². The molecule has 0 bridgehead atoms. The van der Waals surface area contributed by atoms with Crippen LogP contribution in [0, 0.1) is 0 Å². The molecule has 2 rings (SSSR count). The van der Waals surface area contributed by atoms with Crippen molar-refractivity contribution in [1.82, 2.24) is 14.5 Å². The van der Waals surface area contributed by atoms with Gasteiger partial charge in [-0.15, -0.1) is 11.3 Å². The third-order valence-electron chi connectivity index (χ3n) is 1.77. The van der Waals surface area contributed by atoms with Gasteiger partial charge in [-0.1, -0.05) is 0 Å². The second-order valence-electron chi connectivity index (χ2n) is 2.71. The van der Waals surface area contributed by atoms with E-state index in [1.165, 1.54) is 0 Å². The van der Waals surface area contributed by atoms with Crippen molar-refractivity contribution in [2.75, 3.05) is 0 Å². The van der Waals surface area contributed by atoms with E-state index in [9.17, 15) is 0 Å². The Bertz CT molecular complexity index is 404. The van der Waals surface area contributed by atoms with Crippen molar-refractivity contribution in [3.05, 3.63) is 23.5 Å². The SMILES string of the molecule is Cn1ccnc1-c1nc(CN)cs1. The molecule has 2 N–H and O–H groups in total. The van der Waals surface area contributed by atoms with E-state index < -0.39 is 0 Å². The molecule has 4 nitrogen and oxygen atoms in total. The van der Waals surface area contributed by atoms with Gasteiger partial charge in [0.05, 0.1) is 5.69 Å². The molecule has 0 unspecified atom stereocenters. The van der Waals surface area contributed by atoms with Gasteiger partial charge in [-0.2, -0.15) is 0 Å². The molecule has 13 heavy (non-hydrogen) atoms. The van der Waals surface area contributed by atoms with Crippen molar-refractivity contribution in [2.24, 2.45) is 12.8 Å². The standard InChI is InChI=1S/C8H10N4S/c1-12-3-2-10-7(12)8-11-6(4-9)5-13-8/h2-3,5H,4,9H2,1H3. The molecular weight excluding hydrogens is 184 g/mol. The number of rotatable bonds is 2. The highest BCUT2D eigenvalue weighted by Gasteiger charge is 2.07. The van der Waals surface area contributed by atoms with Crippen LogP contribution < -0.4 is 5.73 Å². The van der Waals surface area contributed by atoms with Gasteiger partial charge in [-0.25, -0.2) is 9.97 Å². The van der Waals surface area contributed by atoms with Gasteiger partial charge in [0.25, 0.3) is 0 Å². The summed E-state index contributed by atoms with van der Waals surface area (Å²) in [4.78, 5) is 8.55. The molecule has 0 saturated carbocycles. The molecule has 0 spiro atoms. The zero-order valence-electron chi connectivity index (χ0n) is 7.27. The largest absolute Gasteiger partial charge is 0.332 e. The lowest BCUT2D eigenvalue weighted by Crippen LogP contribution is -1.96. The van der Waals surface area contributed by atoms with E-state index in [4.69, 9.17) is 5.73 Å². The highest BCUT2D eigenvalue weighted by molar-refractivity contribution is 7.13. The summed E-state index contributed by atoms with van der Waals surface area (Å²) in [5, 5.41) is 2.89. The fourth-order valence-electron chi connectivity index (χ4n) is 1.08. The van der Waals surface area contributed by atoms with Crippen LogP contribution in [0.1, 0.15) is 5.69 Å². The predicted molar refractivity (Wildman–Crippen MR) is 52.2 cm³/mol. The Morgan fingerprint density at radius 2 is 2.46 bits per heavy atom. The Kier molecular flexibility index (Phi) is 2.12. The number of nitrogens with two attached hydrogens (primary N) is 1. The molecule has 68 valence electrons. The highest BCUT2D eigenvalue weighted by atomic mass is 32.1. The van der Waals surface area contributed by atoms with E-state index in [0.717, 1.165) is 16.5 Å². The molecule has 0 aliphatic rings. The fraction of sp³-hybridized carbons (Fsp3) is 0.250. The topological polar surface area (TPSA) is 56.7 Å². The lowest BCUT2D eigenvalue weighted by molar-refractivity contribution is 0.917. The molecule has 0 aliphatic heterocycles. The zero-order chi connectivity index (χ0) is 9.26. The summed E-state index contributed by atoms with van der Waals surface area (Å²) in [5.74, 6) is 0.893. The predicted octanol–water partition coefficient (Wildman–Crippen LogP) is 1.00. The molecule has 0 radical (unpaired) electrons. The van der Waals surface area contributed by atoms with Gasteiger partial charge >= 0.3 is 0 Å². The van der Waals surface area contributed by atoms with Crippen LogP contribution in [-0.4, -0.2) is 14.5 Å². The van der Waals surface area contributed by atoms with E-state index in [-0.39, 0.29) is 0 Å². The van der Waals surface area contributed by atoms with Gasteiger partial charge in [0.1, 0.15) is 0 Å². The van der Waals surface area contributed by atoms with Crippen molar-refractivity contribution in [3.63, 3.8) is 0 Å². The number of thiazole rings is 1. The molecule has 5 heteroatoms. The Balaban J connectivity index is 2.41. The number of aryl methyl sites for hydroxylation is 1. The molecule has 0 amide bonds. The molecule has 0 saturated heterocycles. The number of nitrogens with zero attached hydrogens (tertiary/aromatic N) is 3. The summed E-state index contributed by atoms with van der Waals surface area (Å²) in [6.07, 6.45) is 3.66. The van der Waals surface area contributed by atoms with Crippen LogP contribution in [0.15, 0.2) is 17.8 Å². The average Bonchev–Trinajstić information content (AvgIpc) is 2.71. The average molecular weight is 194 g/mol. The van der Waals surface area contributed by atoms with Gasteiger partial charge in [0.2, 0.25) is 0 Å². The Hall–Kier alpha value is -1.20. The molecule has 2 aromatic rings. The van der Waals surface area contributed by atoms with E-state index >= 15 is 0 Å². The van der Waals surface area contributed by atoms with Crippen molar-refractivity contribution in [1.29, 1.82) is 0 Å². The van der Waals surface area contributed by atoms with Crippen LogP contribution in [-0.2, 0) is 13.6 Å². The first-order chi connectivity index (χ1) is 6.31. The maximum absolute atomic E-state index is 5.47. The number of imidazole rings is 1. The van der Waals surface area contributed by atoms with Crippen molar-refractivity contribution in [3.8, 4) is 10.8 Å². The Morgan fingerprint density at radius 1 is 1.62 bits per heavy atom. The molecule has 2 heterocycles. The Labute approximate surface area is 80.1 Å².